The van der Waals surface area contributed by atoms with Gasteiger partial charge in [-0.25, -0.2) is 4.98 Å². The zero-order chi connectivity index (χ0) is 21.3. The van der Waals surface area contributed by atoms with Gasteiger partial charge in [-0.2, -0.15) is 0 Å². The van der Waals surface area contributed by atoms with Gasteiger partial charge in [0, 0.05) is 18.1 Å². The van der Waals surface area contributed by atoms with E-state index < -0.39 is 5.79 Å². The van der Waals surface area contributed by atoms with Gasteiger partial charge in [0.05, 0.1) is 44.7 Å². The van der Waals surface area contributed by atoms with E-state index in [1.54, 1.807) is 34.9 Å². The number of carbonyl (C=O) groups excluding carboxylic acids is 2. The summed E-state index contributed by atoms with van der Waals surface area (Å²) in [5.74, 6) is -1.00. The standard InChI is InChI=1S/C20H22ClN3O6/c1-13-17(28-12-22-13)19(26)24-6-8-30-20(11-24)10-23(5-7-29-20)18(25)15-9-14(21)3-4-16(15)27-2/h3-4,9,12H,5-8,10-11H2,1-2H3. The third kappa shape index (κ3) is 3.88. The number of carbonyl (C=O) groups is 2. The number of rotatable bonds is 3. The van der Waals surface area contributed by atoms with Gasteiger partial charge in [-0.1, -0.05) is 11.6 Å². The lowest BCUT2D eigenvalue weighted by Crippen LogP contribution is -2.63. The number of hydrogen-bond acceptors (Lipinski definition) is 7. The van der Waals surface area contributed by atoms with Crippen LogP contribution in [-0.2, 0) is 9.47 Å². The van der Waals surface area contributed by atoms with E-state index in [0.29, 0.717) is 35.1 Å². The van der Waals surface area contributed by atoms with E-state index in [0.717, 1.165) is 0 Å². The number of methoxy groups -OCH3 is 1. The fourth-order valence-electron chi connectivity index (χ4n) is 3.71. The number of oxazole rings is 1. The molecule has 160 valence electrons. The summed E-state index contributed by atoms with van der Waals surface area (Å²) in [5.41, 5.74) is 0.887. The average molecular weight is 436 g/mol. The molecule has 2 aliphatic heterocycles. The second-order valence-electron chi connectivity index (χ2n) is 7.17. The number of aryl methyl sites for hydroxylation is 1. The van der Waals surface area contributed by atoms with E-state index in [2.05, 4.69) is 4.98 Å². The van der Waals surface area contributed by atoms with Crippen LogP contribution in [0.3, 0.4) is 0 Å². The lowest BCUT2D eigenvalue weighted by Gasteiger charge is -2.47. The summed E-state index contributed by atoms with van der Waals surface area (Å²) >= 11 is 6.08. The molecular formula is C20H22ClN3O6. The third-order valence-corrected chi connectivity index (χ3v) is 5.46. The molecule has 2 saturated heterocycles. The Hall–Kier alpha value is -2.62. The molecule has 1 spiro atoms. The minimum absolute atomic E-state index is 0.167. The monoisotopic (exact) mass is 435 g/mol. The van der Waals surface area contributed by atoms with E-state index >= 15 is 0 Å². The van der Waals surface area contributed by atoms with Gasteiger partial charge in [0.2, 0.25) is 11.5 Å². The molecule has 0 bridgehead atoms. The lowest BCUT2D eigenvalue weighted by molar-refractivity contribution is -0.282. The summed E-state index contributed by atoms with van der Waals surface area (Å²) in [4.78, 5) is 33.2. The summed E-state index contributed by atoms with van der Waals surface area (Å²) in [6.07, 6.45) is 1.24. The number of halogens is 1. The van der Waals surface area contributed by atoms with Crippen molar-refractivity contribution in [3.8, 4) is 5.75 Å². The summed E-state index contributed by atoms with van der Waals surface area (Å²) in [6.45, 7) is 3.38. The van der Waals surface area contributed by atoms with Gasteiger partial charge in [-0.15, -0.1) is 0 Å². The Labute approximate surface area is 178 Å². The van der Waals surface area contributed by atoms with Crippen molar-refractivity contribution in [3.05, 3.63) is 46.6 Å². The molecule has 0 aliphatic carbocycles. The van der Waals surface area contributed by atoms with Crippen molar-refractivity contribution in [2.24, 2.45) is 0 Å². The molecule has 2 fully saturated rings. The molecule has 2 aliphatic rings. The van der Waals surface area contributed by atoms with Crippen LogP contribution in [0.2, 0.25) is 5.02 Å². The fourth-order valence-corrected chi connectivity index (χ4v) is 3.88. The smallest absolute Gasteiger partial charge is 0.291 e. The summed E-state index contributed by atoms with van der Waals surface area (Å²) in [6, 6.07) is 4.90. The van der Waals surface area contributed by atoms with Crippen molar-refractivity contribution in [1.29, 1.82) is 0 Å². The highest BCUT2D eigenvalue weighted by Crippen LogP contribution is 2.29. The minimum Gasteiger partial charge on any atom is -0.496 e. The van der Waals surface area contributed by atoms with E-state index in [4.69, 9.17) is 30.2 Å². The van der Waals surface area contributed by atoms with Crippen molar-refractivity contribution < 1.29 is 28.2 Å². The first kappa shape index (κ1) is 20.6. The van der Waals surface area contributed by atoms with Crippen LogP contribution in [0.5, 0.6) is 5.75 Å². The number of ether oxygens (including phenoxy) is 3. The Balaban J connectivity index is 1.53. The highest BCUT2D eigenvalue weighted by molar-refractivity contribution is 6.31. The quantitative estimate of drug-likeness (QED) is 0.727. The average Bonchev–Trinajstić information content (AvgIpc) is 3.18. The number of aromatic nitrogens is 1. The molecule has 3 heterocycles. The van der Waals surface area contributed by atoms with Crippen LogP contribution in [0.15, 0.2) is 29.0 Å². The van der Waals surface area contributed by atoms with Crippen molar-refractivity contribution in [2.75, 3.05) is 46.5 Å². The Morgan fingerprint density at radius 1 is 1.13 bits per heavy atom. The molecule has 1 atom stereocenters. The summed E-state index contributed by atoms with van der Waals surface area (Å²) in [5, 5.41) is 0.440. The molecule has 2 amide bonds. The molecule has 4 rings (SSSR count). The Kier molecular flexibility index (Phi) is 5.68. The number of amides is 2. The minimum atomic E-state index is -1.11. The van der Waals surface area contributed by atoms with Gasteiger partial charge in [0.15, 0.2) is 6.39 Å². The van der Waals surface area contributed by atoms with Gasteiger partial charge in [-0.05, 0) is 25.1 Å². The van der Waals surface area contributed by atoms with Crippen LogP contribution in [0.1, 0.15) is 26.6 Å². The van der Waals surface area contributed by atoms with Crippen LogP contribution < -0.4 is 4.74 Å². The zero-order valence-corrected chi connectivity index (χ0v) is 17.5. The van der Waals surface area contributed by atoms with Gasteiger partial charge >= 0.3 is 0 Å². The van der Waals surface area contributed by atoms with E-state index in [9.17, 15) is 9.59 Å². The SMILES string of the molecule is COc1ccc(Cl)cc1C(=O)N1CCOC2(C1)CN(C(=O)c1ocnc1C)CCO2. The number of morpholine rings is 2. The number of benzene rings is 1. The Morgan fingerprint density at radius 3 is 2.40 bits per heavy atom. The van der Waals surface area contributed by atoms with E-state index in [1.165, 1.54) is 13.5 Å². The second-order valence-corrected chi connectivity index (χ2v) is 7.61. The number of hydrogen-bond donors (Lipinski definition) is 0. The van der Waals surface area contributed by atoms with E-state index in [1.807, 2.05) is 0 Å². The fraction of sp³-hybridized carbons (Fsp3) is 0.450. The topological polar surface area (TPSA) is 94.3 Å². The molecule has 30 heavy (non-hydrogen) atoms. The second kappa shape index (κ2) is 8.25. The molecule has 9 nitrogen and oxygen atoms in total. The first-order chi connectivity index (χ1) is 14.4. The van der Waals surface area contributed by atoms with E-state index in [-0.39, 0.29) is 43.9 Å². The van der Waals surface area contributed by atoms with Crippen LogP contribution in [0, 0.1) is 6.92 Å². The predicted molar refractivity (Wildman–Crippen MR) is 106 cm³/mol. The Morgan fingerprint density at radius 2 is 1.80 bits per heavy atom. The van der Waals surface area contributed by atoms with Gasteiger partial charge < -0.3 is 28.4 Å². The molecule has 2 aromatic rings. The number of nitrogens with zero attached hydrogens (tertiary/aromatic N) is 3. The molecule has 0 radical (unpaired) electrons. The van der Waals surface area contributed by atoms with Gasteiger partial charge in [0.25, 0.3) is 11.8 Å². The first-order valence-electron chi connectivity index (χ1n) is 9.52. The van der Waals surface area contributed by atoms with Crippen molar-refractivity contribution >= 4 is 23.4 Å². The highest BCUT2D eigenvalue weighted by Gasteiger charge is 2.45. The maximum Gasteiger partial charge on any atom is 0.291 e. The lowest BCUT2D eigenvalue weighted by atomic mass is 10.1. The van der Waals surface area contributed by atoms with Crippen LogP contribution in [-0.4, -0.2) is 78.9 Å². The van der Waals surface area contributed by atoms with Crippen LogP contribution >= 0.6 is 11.6 Å². The third-order valence-electron chi connectivity index (χ3n) is 5.22. The van der Waals surface area contributed by atoms with Gasteiger partial charge in [0.1, 0.15) is 5.75 Å². The largest absolute Gasteiger partial charge is 0.496 e. The van der Waals surface area contributed by atoms with Gasteiger partial charge in [-0.3, -0.25) is 9.59 Å². The molecular weight excluding hydrogens is 414 g/mol. The van der Waals surface area contributed by atoms with Crippen molar-refractivity contribution in [1.82, 2.24) is 14.8 Å². The maximum absolute atomic E-state index is 13.2. The Bertz CT molecular complexity index is 960. The molecule has 0 N–H and O–H groups in total. The molecule has 1 aromatic carbocycles. The first-order valence-corrected chi connectivity index (χ1v) is 9.90. The highest BCUT2D eigenvalue weighted by atomic mass is 35.5. The summed E-state index contributed by atoms with van der Waals surface area (Å²) < 4.78 is 22.4. The molecule has 1 aromatic heterocycles. The molecule has 1 unspecified atom stereocenters. The maximum atomic E-state index is 13.2. The predicted octanol–water partition coefficient (Wildman–Crippen LogP) is 1.99. The van der Waals surface area contributed by atoms with Crippen molar-refractivity contribution in [2.45, 2.75) is 12.7 Å². The summed E-state index contributed by atoms with van der Waals surface area (Å²) in [7, 11) is 1.50. The normalized spacial score (nSPS) is 21.7. The zero-order valence-electron chi connectivity index (χ0n) is 16.7. The van der Waals surface area contributed by atoms with Crippen LogP contribution in [0.4, 0.5) is 0 Å². The van der Waals surface area contributed by atoms with Crippen LogP contribution in [0.25, 0.3) is 0 Å². The van der Waals surface area contributed by atoms with Crippen molar-refractivity contribution in [3.63, 3.8) is 0 Å². The molecule has 10 heteroatoms. The molecule has 0 saturated carbocycles.